The summed E-state index contributed by atoms with van der Waals surface area (Å²) in [6.07, 6.45) is 0.319. The second-order valence-electron chi connectivity index (χ2n) is 5.09. The first kappa shape index (κ1) is 12.7. The Balaban J connectivity index is 2.70. The second kappa shape index (κ2) is 4.66. The smallest absolute Gasteiger partial charge is 0.226 e. The molecule has 0 unspecified atom stereocenters. The topological polar surface area (TPSA) is 55.1 Å². The van der Waals surface area contributed by atoms with Gasteiger partial charge in [-0.25, -0.2) is 0 Å². The molecule has 3 nitrogen and oxygen atoms in total. The standard InChI is InChI=1S/C13H20N2O/c1-9-5-10(2)7-11(6-9)15-12(16)8-13(3,4)14/h5-7H,8,14H2,1-4H3,(H,15,16). The zero-order valence-corrected chi connectivity index (χ0v) is 10.4. The van der Waals surface area contributed by atoms with Crippen LogP contribution in [0.5, 0.6) is 0 Å². The highest BCUT2D eigenvalue weighted by Crippen LogP contribution is 2.15. The van der Waals surface area contributed by atoms with E-state index in [2.05, 4.69) is 11.4 Å². The molecule has 0 spiro atoms. The fourth-order valence-corrected chi connectivity index (χ4v) is 1.67. The van der Waals surface area contributed by atoms with E-state index >= 15 is 0 Å². The van der Waals surface area contributed by atoms with Crippen LogP contribution in [0.4, 0.5) is 5.69 Å². The lowest BCUT2D eigenvalue weighted by Crippen LogP contribution is -2.36. The van der Waals surface area contributed by atoms with Crippen molar-refractivity contribution in [2.75, 3.05) is 5.32 Å². The summed E-state index contributed by atoms with van der Waals surface area (Å²) in [6.45, 7) is 7.70. The number of anilines is 1. The number of carbonyl (C=O) groups is 1. The molecule has 3 N–H and O–H groups in total. The predicted octanol–water partition coefficient (Wildman–Crippen LogP) is 2.37. The molecule has 3 heteroatoms. The highest BCUT2D eigenvalue weighted by Gasteiger charge is 2.16. The van der Waals surface area contributed by atoms with E-state index in [0.29, 0.717) is 6.42 Å². The van der Waals surface area contributed by atoms with E-state index in [4.69, 9.17) is 5.73 Å². The molecule has 88 valence electrons. The van der Waals surface area contributed by atoms with Gasteiger partial charge in [-0.2, -0.15) is 0 Å². The molecule has 0 bridgehead atoms. The number of nitrogens with two attached hydrogens (primary N) is 1. The van der Waals surface area contributed by atoms with Crippen LogP contribution in [0.3, 0.4) is 0 Å². The Morgan fingerprint density at radius 1 is 1.25 bits per heavy atom. The first-order chi connectivity index (χ1) is 7.26. The lowest BCUT2D eigenvalue weighted by molar-refractivity contribution is -0.117. The highest BCUT2D eigenvalue weighted by atomic mass is 16.1. The molecule has 0 aliphatic carbocycles. The molecule has 0 fully saturated rings. The van der Waals surface area contributed by atoms with Crippen molar-refractivity contribution in [1.29, 1.82) is 0 Å². The third-order valence-electron chi connectivity index (χ3n) is 2.12. The molecule has 1 rings (SSSR count). The molecule has 0 aromatic heterocycles. The zero-order chi connectivity index (χ0) is 12.3. The Hall–Kier alpha value is -1.35. The van der Waals surface area contributed by atoms with Gasteiger partial charge in [-0.15, -0.1) is 0 Å². The maximum atomic E-state index is 11.7. The van der Waals surface area contributed by atoms with Gasteiger partial charge in [-0.1, -0.05) is 6.07 Å². The molecule has 0 radical (unpaired) electrons. The fraction of sp³-hybridized carbons (Fsp3) is 0.462. The van der Waals surface area contributed by atoms with Gasteiger partial charge in [0.15, 0.2) is 0 Å². The second-order valence-corrected chi connectivity index (χ2v) is 5.09. The number of aryl methyl sites for hydroxylation is 2. The van der Waals surface area contributed by atoms with Gasteiger partial charge in [0, 0.05) is 17.6 Å². The highest BCUT2D eigenvalue weighted by molar-refractivity contribution is 5.91. The van der Waals surface area contributed by atoms with Crippen molar-refractivity contribution in [1.82, 2.24) is 0 Å². The summed E-state index contributed by atoms with van der Waals surface area (Å²) >= 11 is 0. The van der Waals surface area contributed by atoms with Gasteiger partial charge in [-0.05, 0) is 51.0 Å². The summed E-state index contributed by atoms with van der Waals surface area (Å²) in [5, 5.41) is 2.86. The van der Waals surface area contributed by atoms with Crippen LogP contribution in [0.1, 0.15) is 31.4 Å². The van der Waals surface area contributed by atoms with Crippen LogP contribution >= 0.6 is 0 Å². The van der Waals surface area contributed by atoms with E-state index in [9.17, 15) is 4.79 Å². The lowest BCUT2D eigenvalue weighted by atomic mass is 10.0. The lowest BCUT2D eigenvalue weighted by Gasteiger charge is -2.17. The molecule has 1 aromatic rings. The van der Waals surface area contributed by atoms with Crippen molar-refractivity contribution in [2.24, 2.45) is 5.73 Å². The molecule has 1 aromatic carbocycles. The Morgan fingerprint density at radius 3 is 2.19 bits per heavy atom. The van der Waals surface area contributed by atoms with Gasteiger partial charge in [0.2, 0.25) is 5.91 Å². The maximum absolute atomic E-state index is 11.7. The SMILES string of the molecule is Cc1cc(C)cc(NC(=O)CC(C)(C)N)c1. The van der Waals surface area contributed by atoms with Crippen molar-refractivity contribution in [2.45, 2.75) is 39.7 Å². The molecule has 0 saturated carbocycles. The quantitative estimate of drug-likeness (QED) is 0.821. The molecule has 0 aliphatic rings. The van der Waals surface area contributed by atoms with E-state index in [1.165, 1.54) is 0 Å². The van der Waals surface area contributed by atoms with E-state index in [-0.39, 0.29) is 5.91 Å². The van der Waals surface area contributed by atoms with E-state index < -0.39 is 5.54 Å². The normalized spacial score (nSPS) is 11.3. The summed E-state index contributed by atoms with van der Waals surface area (Å²) in [6, 6.07) is 5.98. The third-order valence-corrected chi connectivity index (χ3v) is 2.12. The van der Waals surface area contributed by atoms with Gasteiger partial charge in [-0.3, -0.25) is 4.79 Å². The maximum Gasteiger partial charge on any atom is 0.226 e. The van der Waals surface area contributed by atoms with Crippen LogP contribution in [0, 0.1) is 13.8 Å². The van der Waals surface area contributed by atoms with Crippen LogP contribution in [0.15, 0.2) is 18.2 Å². The number of amides is 1. The molecular formula is C13H20N2O. The summed E-state index contributed by atoms with van der Waals surface area (Å²) < 4.78 is 0. The van der Waals surface area contributed by atoms with Gasteiger partial charge in [0.25, 0.3) is 0 Å². The molecule has 16 heavy (non-hydrogen) atoms. The van der Waals surface area contributed by atoms with Crippen molar-refractivity contribution in [3.63, 3.8) is 0 Å². The summed E-state index contributed by atoms with van der Waals surface area (Å²) in [4.78, 5) is 11.7. The molecule has 0 heterocycles. The van der Waals surface area contributed by atoms with Crippen molar-refractivity contribution >= 4 is 11.6 Å². The zero-order valence-electron chi connectivity index (χ0n) is 10.4. The van der Waals surface area contributed by atoms with Gasteiger partial charge in [0.05, 0.1) is 0 Å². The summed E-state index contributed by atoms with van der Waals surface area (Å²) in [5.74, 6) is -0.0440. The number of carbonyl (C=O) groups excluding carboxylic acids is 1. The van der Waals surface area contributed by atoms with Gasteiger partial charge >= 0.3 is 0 Å². The van der Waals surface area contributed by atoms with Crippen LogP contribution < -0.4 is 11.1 Å². The first-order valence-electron chi connectivity index (χ1n) is 5.43. The third kappa shape index (κ3) is 4.45. The summed E-state index contributed by atoms with van der Waals surface area (Å²) in [5.41, 5.74) is 8.44. The van der Waals surface area contributed by atoms with Crippen molar-refractivity contribution < 1.29 is 4.79 Å². The monoisotopic (exact) mass is 220 g/mol. The first-order valence-corrected chi connectivity index (χ1v) is 5.43. The average Bonchev–Trinajstić information content (AvgIpc) is 1.96. The number of nitrogens with one attached hydrogen (secondary N) is 1. The number of hydrogen-bond acceptors (Lipinski definition) is 2. The molecule has 0 saturated heterocycles. The Morgan fingerprint density at radius 2 is 1.75 bits per heavy atom. The largest absolute Gasteiger partial charge is 0.326 e. The minimum absolute atomic E-state index is 0.0440. The Bertz CT molecular complexity index is 371. The molecule has 0 atom stereocenters. The van der Waals surface area contributed by atoms with E-state index in [0.717, 1.165) is 16.8 Å². The Kier molecular flexibility index (Phi) is 3.70. The van der Waals surface area contributed by atoms with Crippen molar-refractivity contribution in [3.05, 3.63) is 29.3 Å². The summed E-state index contributed by atoms with van der Waals surface area (Å²) in [7, 11) is 0. The van der Waals surface area contributed by atoms with Gasteiger partial charge in [0.1, 0.15) is 0 Å². The fourth-order valence-electron chi connectivity index (χ4n) is 1.67. The van der Waals surface area contributed by atoms with Crippen LogP contribution in [-0.2, 0) is 4.79 Å². The van der Waals surface area contributed by atoms with Crippen molar-refractivity contribution in [3.8, 4) is 0 Å². The molecule has 1 amide bonds. The molecule has 0 aliphatic heterocycles. The van der Waals surface area contributed by atoms with Crippen LogP contribution in [-0.4, -0.2) is 11.4 Å². The number of rotatable bonds is 3. The predicted molar refractivity (Wildman–Crippen MR) is 67.4 cm³/mol. The van der Waals surface area contributed by atoms with E-state index in [1.807, 2.05) is 39.8 Å². The van der Waals surface area contributed by atoms with Crippen LogP contribution in [0.2, 0.25) is 0 Å². The number of benzene rings is 1. The minimum atomic E-state index is -0.469. The minimum Gasteiger partial charge on any atom is -0.326 e. The van der Waals surface area contributed by atoms with Crippen LogP contribution in [0.25, 0.3) is 0 Å². The van der Waals surface area contributed by atoms with Gasteiger partial charge < -0.3 is 11.1 Å². The average molecular weight is 220 g/mol. The Labute approximate surface area is 97.0 Å². The molecular weight excluding hydrogens is 200 g/mol. The number of hydrogen-bond donors (Lipinski definition) is 2. The van der Waals surface area contributed by atoms with E-state index in [1.54, 1.807) is 0 Å².